The van der Waals surface area contributed by atoms with Crippen LogP contribution in [0.4, 0.5) is 4.39 Å². The van der Waals surface area contributed by atoms with Crippen LogP contribution in [0.3, 0.4) is 0 Å². The van der Waals surface area contributed by atoms with Crippen LogP contribution < -0.4 is 0 Å². The molecule has 0 saturated carbocycles. The minimum atomic E-state index is -0.326. The predicted molar refractivity (Wildman–Crippen MR) is 64.3 cm³/mol. The zero-order chi connectivity index (χ0) is 12.3. The van der Waals surface area contributed by atoms with Crippen LogP contribution >= 0.6 is 11.6 Å². The van der Waals surface area contributed by atoms with Crippen LogP contribution in [-0.2, 0) is 13.2 Å². The molecule has 17 heavy (non-hydrogen) atoms. The van der Waals surface area contributed by atoms with E-state index in [4.69, 9.17) is 11.6 Å². The van der Waals surface area contributed by atoms with Crippen LogP contribution in [0.25, 0.3) is 11.3 Å². The van der Waals surface area contributed by atoms with E-state index in [1.165, 1.54) is 6.07 Å². The van der Waals surface area contributed by atoms with Gasteiger partial charge in [0.15, 0.2) is 0 Å². The number of hydrogen-bond donors (Lipinski definition) is 1. The van der Waals surface area contributed by atoms with Gasteiger partial charge in [0.1, 0.15) is 5.82 Å². The highest BCUT2D eigenvalue weighted by Gasteiger charge is 2.11. The predicted octanol–water partition coefficient (Wildman–Crippen LogP) is 2.42. The molecule has 1 aromatic carbocycles. The lowest BCUT2D eigenvalue weighted by molar-refractivity contribution is 0.268. The van der Waals surface area contributed by atoms with E-state index in [2.05, 4.69) is 5.10 Å². The van der Waals surface area contributed by atoms with E-state index in [0.29, 0.717) is 29.4 Å². The third-order valence-corrected chi connectivity index (χ3v) is 2.64. The van der Waals surface area contributed by atoms with E-state index < -0.39 is 0 Å². The van der Waals surface area contributed by atoms with Gasteiger partial charge in [0.25, 0.3) is 0 Å². The first-order chi connectivity index (χ1) is 8.26. The van der Waals surface area contributed by atoms with Gasteiger partial charge >= 0.3 is 0 Å². The molecule has 0 bridgehead atoms. The van der Waals surface area contributed by atoms with Gasteiger partial charge in [0, 0.05) is 11.4 Å². The molecule has 0 amide bonds. The van der Waals surface area contributed by atoms with E-state index in [-0.39, 0.29) is 12.4 Å². The van der Waals surface area contributed by atoms with E-state index in [1.807, 2.05) is 0 Å². The molecule has 1 heterocycles. The topological polar surface area (TPSA) is 38.1 Å². The number of nitrogens with zero attached hydrogens (tertiary/aromatic N) is 2. The number of alkyl halides is 1. The van der Waals surface area contributed by atoms with Gasteiger partial charge < -0.3 is 5.11 Å². The first-order valence-electron chi connectivity index (χ1n) is 5.24. The molecule has 90 valence electrons. The third kappa shape index (κ3) is 2.48. The summed E-state index contributed by atoms with van der Waals surface area (Å²) >= 11 is 5.63. The van der Waals surface area contributed by atoms with Gasteiger partial charge in [-0.05, 0) is 18.2 Å². The molecular weight excluding hydrogens is 243 g/mol. The average Bonchev–Trinajstić information content (AvgIpc) is 2.73. The molecule has 0 saturated heterocycles. The molecule has 0 spiro atoms. The van der Waals surface area contributed by atoms with Gasteiger partial charge in [-0.3, -0.25) is 4.68 Å². The summed E-state index contributed by atoms with van der Waals surface area (Å²) in [7, 11) is 0. The van der Waals surface area contributed by atoms with Crippen molar-refractivity contribution < 1.29 is 9.50 Å². The molecule has 0 radical (unpaired) electrons. The molecule has 0 aliphatic heterocycles. The summed E-state index contributed by atoms with van der Waals surface area (Å²) in [6.07, 6.45) is 0. The number of benzene rings is 1. The number of rotatable bonds is 4. The Kier molecular flexibility index (Phi) is 3.76. The highest BCUT2D eigenvalue weighted by Crippen LogP contribution is 2.22. The maximum Gasteiger partial charge on any atom is 0.132 e. The number of aromatic nitrogens is 2. The van der Waals surface area contributed by atoms with Gasteiger partial charge in [-0.1, -0.05) is 12.1 Å². The van der Waals surface area contributed by atoms with Crippen molar-refractivity contribution in [1.29, 1.82) is 0 Å². The quantitative estimate of drug-likeness (QED) is 0.851. The average molecular weight is 255 g/mol. The lowest BCUT2D eigenvalue weighted by Crippen LogP contribution is -2.05. The third-order valence-electron chi connectivity index (χ3n) is 2.47. The van der Waals surface area contributed by atoms with Crippen molar-refractivity contribution >= 4 is 11.6 Å². The number of aliphatic hydroxyl groups excluding tert-OH is 1. The standard InChI is InChI=1S/C12H12ClFN2O/c13-5-6-16-9(8-17)7-12(15-16)10-3-1-2-4-11(10)14/h1-4,7,17H,5-6,8H2. The van der Waals surface area contributed by atoms with E-state index in [1.54, 1.807) is 28.9 Å². The molecule has 2 rings (SSSR count). The number of aliphatic hydroxyl groups is 1. The Morgan fingerprint density at radius 1 is 1.35 bits per heavy atom. The largest absolute Gasteiger partial charge is 0.390 e. The SMILES string of the molecule is OCc1cc(-c2ccccc2F)nn1CCCl. The second kappa shape index (κ2) is 5.29. The van der Waals surface area contributed by atoms with E-state index in [0.717, 1.165) is 0 Å². The Labute approximate surface area is 103 Å². The summed E-state index contributed by atoms with van der Waals surface area (Å²) in [5.74, 6) is 0.0679. The number of halogens is 2. The maximum absolute atomic E-state index is 13.6. The maximum atomic E-state index is 13.6. The Hall–Kier alpha value is -1.39. The van der Waals surface area contributed by atoms with Crippen LogP contribution in [-0.4, -0.2) is 20.8 Å². The minimum Gasteiger partial charge on any atom is -0.390 e. The van der Waals surface area contributed by atoms with Gasteiger partial charge in [0.05, 0.1) is 24.5 Å². The smallest absolute Gasteiger partial charge is 0.132 e. The molecule has 0 aliphatic rings. The fourth-order valence-electron chi connectivity index (χ4n) is 1.66. The van der Waals surface area contributed by atoms with Crippen molar-refractivity contribution in [3.63, 3.8) is 0 Å². The highest BCUT2D eigenvalue weighted by atomic mass is 35.5. The molecule has 0 atom stereocenters. The second-order valence-corrected chi connectivity index (χ2v) is 3.95. The lowest BCUT2D eigenvalue weighted by Gasteiger charge is -2.01. The van der Waals surface area contributed by atoms with Crippen molar-refractivity contribution in [2.45, 2.75) is 13.2 Å². The summed E-state index contributed by atoms with van der Waals surface area (Å²) < 4.78 is 15.2. The summed E-state index contributed by atoms with van der Waals surface area (Å²) in [5.41, 5.74) is 1.57. The monoisotopic (exact) mass is 254 g/mol. The zero-order valence-electron chi connectivity index (χ0n) is 9.11. The molecule has 3 nitrogen and oxygen atoms in total. The normalized spacial score (nSPS) is 10.8. The molecule has 1 aromatic heterocycles. The van der Waals surface area contributed by atoms with Gasteiger partial charge in [-0.25, -0.2) is 4.39 Å². The van der Waals surface area contributed by atoms with Crippen LogP contribution in [0, 0.1) is 5.82 Å². The second-order valence-electron chi connectivity index (χ2n) is 3.57. The van der Waals surface area contributed by atoms with Crippen LogP contribution in [0.5, 0.6) is 0 Å². The first kappa shape index (κ1) is 12.1. The molecule has 2 aromatic rings. The van der Waals surface area contributed by atoms with Crippen LogP contribution in [0.15, 0.2) is 30.3 Å². The number of aryl methyl sites for hydroxylation is 1. The summed E-state index contributed by atoms with van der Waals surface area (Å²) in [6, 6.07) is 8.09. The van der Waals surface area contributed by atoms with Gasteiger partial charge in [-0.15, -0.1) is 11.6 Å². The van der Waals surface area contributed by atoms with E-state index in [9.17, 15) is 9.50 Å². The Balaban J connectivity index is 2.43. The van der Waals surface area contributed by atoms with Crippen LogP contribution in [0.1, 0.15) is 5.69 Å². The minimum absolute atomic E-state index is 0.141. The number of hydrogen-bond acceptors (Lipinski definition) is 2. The molecule has 0 fully saturated rings. The van der Waals surface area contributed by atoms with Crippen LogP contribution in [0.2, 0.25) is 0 Å². The van der Waals surface area contributed by atoms with E-state index >= 15 is 0 Å². The van der Waals surface area contributed by atoms with Gasteiger partial charge in [0.2, 0.25) is 0 Å². The Morgan fingerprint density at radius 2 is 2.12 bits per heavy atom. The highest BCUT2D eigenvalue weighted by molar-refractivity contribution is 6.17. The fraction of sp³-hybridized carbons (Fsp3) is 0.250. The lowest BCUT2D eigenvalue weighted by atomic mass is 10.1. The van der Waals surface area contributed by atoms with Crippen molar-refractivity contribution in [3.8, 4) is 11.3 Å². The molecule has 0 unspecified atom stereocenters. The fourth-order valence-corrected chi connectivity index (χ4v) is 1.82. The van der Waals surface area contributed by atoms with Crippen molar-refractivity contribution in [1.82, 2.24) is 9.78 Å². The van der Waals surface area contributed by atoms with Crippen molar-refractivity contribution in [2.75, 3.05) is 5.88 Å². The summed E-state index contributed by atoms with van der Waals surface area (Å²) in [4.78, 5) is 0. The summed E-state index contributed by atoms with van der Waals surface area (Å²) in [5, 5.41) is 13.4. The zero-order valence-corrected chi connectivity index (χ0v) is 9.86. The van der Waals surface area contributed by atoms with Gasteiger partial charge in [-0.2, -0.15) is 5.10 Å². The van der Waals surface area contributed by atoms with Crippen molar-refractivity contribution in [3.05, 3.63) is 41.8 Å². The Morgan fingerprint density at radius 3 is 2.76 bits per heavy atom. The molecular formula is C12H12ClFN2O. The summed E-state index contributed by atoms with van der Waals surface area (Å²) in [6.45, 7) is 0.351. The Bertz CT molecular complexity index is 513. The molecule has 1 N–H and O–H groups in total. The van der Waals surface area contributed by atoms with Crippen molar-refractivity contribution in [2.24, 2.45) is 0 Å². The molecule has 0 aliphatic carbocycles. The first-order valence-corrected chi connectivity index (χ1v) is 5.78. The molecule has 5 heteroatoms.